The number of nitrogens with zero attached hydrogens (tertiary/aromatic N) is 1. The zero-order valence-corrected chi connectivity index (χ0v) is 13.4. The third-order valence-corrected chi connectivity index (χ3v) is 5.97. The normalized spacial score (nSPS) is 24.1. The number of piperidine rings is 1. The molecule has 1 atom stereocenters. The molecule has 1 aliphatic heterocycles. The van der Waals surface area contributed by atoms with E-state index in [1.807, 2.05) is 0 Å². The van der Waals surface area contributed by atoms with E-state index in [4.69, 9.17) is 0 Å². The largest absolute Gasteiger partial charge is 0.313 e. The highest BCUT2D eigenvalue weighted by Crippen LogP contribution is 2.23. The molecule has 1 aromatic carbocycles. The van der Waals surface area contributed by atoms with Gasteiger partial charge >= 0.3 is 0 Å². The minimum atomic E-state index is -3.03. The molecule has 1 saturated heterocycles. The molecule has 0 radical (unpaired) electrons. The van der Waals surface area contributed by atoms with Crippen molar-refractivity contribution in [2.45, 2.75) is 31.7 Å². The van der Waals surface area contributed by atoms with Crippen LogP contribution in [0.25, 0.3) is 0 Å². The average molecular weight is 308 g/mol. The van der Waals surface area contributed by atoms with Gasteiger partial charge in [0.2, 0.25) is 10.0 Å². The Morgan fingerprint density at radius 1 is 1.24 bits per heavy atom. The summed E-state index contributed by atoms with van der Waals surface area (Å²) in [6.45, 7) is 2.28. The lowest BCUT2D eigenvalue weighted by Crippen LogP contribution is -2.44. The van der Waals surface area contributed by atoms with Crippen molar-refractivity contribution in [3.05, 3.63) is 35.4 Å². The summed E-state index contributed by atoms with van der Waals surface area (Å²) in [4.78, 5) is 0. The van der Waals surface area contributed by atoms with Crippen molar-refractivity contribution in [2.24, 2.45) is 5.92 Å². The molecule has 1 aromatic rings. The molecular formula is C16H24N2O2S. The fourth-order valence-corrected chi connectivity index (χ4v) is 4.47. The Kier molecular flexibility index (Phi) is 4.33. The fraction of sp³-hybridized carbons (Fsp3) is 0.625. The molecule has 0 spiro atoms. The quantitative estimate of drug-likeness (QED) is 0.915. The Balaban J connectivity index is 1.50. The molecule has 0 bridgehead atoms. The van der Waals surface area contributed by atoms with E-state index in [2.05, 4.69) is 29.6 Å². The van der Waals surface area contributed by atoms with Gasteiger partial charge in [-0.2, -0.15) is 0 Å². The van der Waals surface area contributed by atoms with Crippen LogP contribution < -0.4 is 5.32 Å². The highest BCUT2D eigenvalue weighted by atomic mass is 32.2. The molecular weight excluding hydrogens is 284 g/mol. The van der Waals surface area contributed by atoms with E-state index in [9.17, 15) is 8.42 Å². The average Bonchev–Trinajstić information content (AvgIpc) is 2.87. The van der Waals surface area contributed by atoms with Crippen molar-refractivity contribution in [3.63, 3.8) is 0 Å². The molecule has 4 nitrogen and oxygen atoms in total. The van der Waals surface area contributed by atoms with Crippen LogP contribution >= 0.6 is 0 Å². The van der Waals surface area contributed by atoms with Crippen molar-refractivity contribution < 1.29 is 8.42 Å². The highest BCUT2D eigenvalue weighted by Gasteiger charge is 2.27. The summed E-state index contributed by atoms with van der Waals surface area (Å²) in [5.41, 5.74) is 2.91. The van der Waals surface area contributed by atoms with Gasteiger partial charge < -0.3 is 5.32 Å². The predicted octanol–water partition coefficient (Wildman–Crippen LogP) is 1.41. The molecule has 21 heavy (non-hydrogen) atoms. The molecule has 3 rings (SSSR count). The van der Waals surface area contributed by atoms with Crippen LogP contribution in [0.5, 0.6) is 0 Å². The topological polar surface area (TPSA) is 49.4 Å². The second kappa shape index (κ2) is 6.07. The van der Waals surface area contributed by atoms with Gasteiger partial charge in [-0.25, -0.2) is 12.7 Å². The van der Waals surface area contributed by atoms with Crippen LogP contribution in [0, 0.1) is 5.92 Å². The van der Waals surface area contributed by atoms with E-state index < -0.39 is 10.0 Å². The molecule has 1 aliphatic carbocycles. The van der Waals surface area contributed by atoms with E-state index in [-0.39, 0.29) is 0 Å². The first-order valence-corrected chi connectivity index (χ1v) is 9.62. The van der Waals surface area contributed by atoms with Crippen molar-refractivity contribution in [3.8, 4) is 0 Å². The number of sulfonamides is 1. The molecule has 0 amide bonds. The van der Waals surface area contributed by atoms with Gasteiger partial charge in [0.05, 0.1) is 6.26 Å². The number of fused-ring (bicyclic) bond motifs is 1. The van der Waals surface area contributed by atoms with Gasteiger partial charge in [-0.3, -0.25) is 0 Å². The number of nitrogens with one attached hydrogen (secondary N) is 1. The van der Waals surface area contributed by atoms with Crippen LogP contribution in [0.15, 0.2) is 24.3 Å². The lowest BCUT2D eigenvalue weighted by atomic mass is 9.99. The van der Waals surface area contributed by atoms with Gasteiger partial charge in [-0.1, -0.05) is 24.3 Å². The van der Waals surface area contributed by atoms with Crippen LogP contribution in [0.4, 0.5) is 0 Å². The summed E-state index contributed by atoms with van der Waals surface area (Å²) in [6, 6.07) is 9.14. The van der Waals surface area contributed by atoms with Gasteiger partial charge in [-0.15, -0.1) is 0 Å². The molecule has 1 heterocycles. The van der Waals surface area contributed by atoms with Crippen LogP contribution in [0.1, 0.15) is 24.0 Å². The maximum Gasteiger partial charge on any atom is 0.211 e. The number of hydrogen-bond acceptors (Lipinski definition) is 3. The molecule has 1 N–H and O–H groups in total. The molecule has 2 aliphatic rings. The fourth-order valence-electron chi connectivity index (χ4n) is 3.53. The molecule has 0 aromatic heterocycles. The van der Waals surface area contributed by atoms with Crippen molar-refractivity contribution in [1.29, 1.82) is 0 Å². The van der Waals surface area contributed by atoms with Crippen molar-refractivity contribution >= 4 is 10.0 Å². The van der Waals surface area contributed by atoms with Gasteiger partial charge in [-0.05, 0) is 49.3 Å². The summed E-state index contributed by atoms with van der Waals surface area (Å²) in [6.07, 6.45) is 5.61. The van der Waals surface area contributed by atoms with Crippen molar-refractivity contribution in [1.82, 2.24) is 9.62 Å². The Bertz CT molecular complexity index is 575. The first-order valence-electron chi connectivity index (χ1n) is 7.77. The smallest absolute Gasteiger partial charge is 0.211 e. The Hall–Kier alpha value is -0.910. The van der Waals surface area contributed by atoms with Gasteiger partial charge in [0.25, 0.3) is 0 Å². The van der Waals surface area contributed by atoms with Crippen LogP contribution in [-0.4, -0.2) is 44.7 Å². The van der Waals surface area contributed by atoms with Gasteiger partial charge in [0.1, 0.15) is 0 Å². The zero-order chi connectivity index (χ0) is 14.9. The predicted molar refractivity (Wildman–Crippen MR) is 84.8 cm³/mol. The Morgan fingerprint density at radius 3 is 2.52 bits per heavy atom. The zero-order valence-electron chi connectivity index (χ0n) is 12.6. The lowest BCUT2D eigenvalue weighted by molar-refractivity contribution is 0.255. The van der Waals surface area contributed by atoms with E-state index in [1.165, 1.54) is 17.4 Å². The number of rotatable bonds is 4. The summed E-state index contributed by atoms with van der Waals surface area (Å²) in [5, 5.41) is 3.65. The number of benzene rings is 1. The molecule has 0 saturated carbocycles. The Morgan fingerprint density at radius 2 is 1.90 bits per heavy atom. The van der Waals surface area contributed by atoms with E-state index >= 15 is 0 Å². The summed E-state index contributed by atoms with van der Waals surface area (Å²) in [7, 11) is -3.03. The van der Waals surface area contributed by atoms with E-state index in [1.54, 1.807) is 4.31 Å². The molecule has 5 heteroatoms. The van der Waals surface area contributed by atoms with Crippen LogP contribution in [0.3, 0.4) is 0 Å². The van der Waals surface area contributed by atoms with E-state index in [0.717, 1.165) is 32.2 Å². The molecule has 1 unspecified atom stereocenters. The Labute approximate surface area is 127 Å². The van der Waals surface area contributed by atoms with E-state index in [0.29, 0.717) is 25.0 Å². The van der Waals surface area contributed by atoms with Crippen molar-refractivity contribution in [2.75, 3.05) is 25.9 Å². The maximum atomic E-state index is 11.6. The first-order chi connectivity index (χ1) is 10.0. The molecule has 1 fully saturated rings. The minimum absolute atomic E-state index is 0.442. The third kappa shape index (κ3) is 3.65. The second-order valence-electron chi connectivity index (χ2n) is 6.41. The first kappa shape index (κ1) is 15.0. The summed E-state index contributed by atoms with van der Waals surface area (Å²) >= 11 is 0. The highest BCUT2D eigenvalue weighted by molar-refractivity contribution is 7.88. The van der Waals surface area contributed by atoms with Gasteiger partial charge in [0, 0.05) is 19.1 Å². The number of hydrogen-bond donors (Lipinski definition) is 1. The maximum absolute atomic E-state index is 11.6. The lowest BCUT2D eigenvalue weighted by Gasteiger charge is -2.31. The SMILES string of the molecule is CS(=O)(=O)N1CCCC(CNC2Cc3ccccc3C2)C1. The monoisotopic (exact) mass is 308 g/mol. The molecule has 116 valence electrons. The summed E-state index contributed by atoms with van der Waals surface area (Å²) < 4.78 is 24.9. The third-order valence-electron chi connectivity index (χ3n) is 4.70. The van der Waals surface area contributed by atoms with Crippen LogP contribution in [-0.2, 0) is 22.9 Å². The van der Waals surface area contributed by atoms with Gasteiger partial charge in [0.15, 0.2) is 0 Å². The standard InChI is InChI=1S/C16H24N2O2S/c1-21(19,20)18-8-4-5-13(12-18)11-17-16-9-14-6-2-3-7-15(14)10-16/h2-3,6-7,13,16-17H,4-5,8-12H2,1H3. The second-order valence-corrected chi connectivity index (χ2v) is 8.39. The summed E-state index contributed by atoms with van der Waals surface area (Å²) in [5.74, 6) is 0.442. The minimum Gasteiger partial charge on any atom is -0.313 e. The van der Waals surface area contributed by atoms with Crippen LogP contribution in [0.2, 0.25) is 0 Å².